The number of hydrogen-bond donors (Lipinski definition) is 1. The number of aromatic hydroxyl groups is 1. The smallest absolute Gasteiger partial charge is 0.343 e. The number of halogens is 1. The highest BCUT2D eigenvalue weighted by molar-refractivity contribution is 9.10. The van der Waals surface area contributed by atoms with Crippen molar-refractivity contribution in [2.24, 2.45) is 0 Å². The van der Waals surface area contributed by atoms with Gasteiger partial charge in [0.05, 0.1) is 12.7 Å². The highest BCUT2D eigenvalue weighted by Crippen LogP contribution is 2.26. The lowest BCUT2D eigenvalue weighted by atomic mass is 10.2. The zero-order valence-electron chi connectivity index (χ0n) is 11.0. The van der Waals surface area contributed by atoms with Gasteiger partial charge in [-0.05, 0) is 36.4 Å². The minimum absolute atomic E-state index is 0.0563. The Morgan fingerprint density at radius 3 is 2.33 bits per heavy atom. The molecule has 2 aromatic rings. The number of rotatable bonds is 3. The van der Waals surface area contributed by atoms with E-state index in [1.807, 2.05) is 0 Å². The van der Waals surface area contributed by atoms with Crippen molar-refractivity contribution < 1.29 is 24.2 Å². The van der Waals surface area contributed by atoms with Crippen molar-refractivity contribution in [1.82, 2.24) is 0 Å². The highest BCUT2D eigenvalue weighted by atomic mass is 79.9. The molecule has 0 aliphatic carbocycles. The molecule has 0 aliphatic heterocycles. The summed E-state index contributed by atoms with van der Waals surface area (Å²) in [6.45, 7) is 0. The summed E-state index contributed by atoms with van der Waals surface area (Å²) >= 11 is 3.26. The molecule has 0 unspecified atom stereocenters. The van der Waals surface area contributed by atoms with E-state index in [0.717, 1.165) is 4.47 Å². The van der Waals surface area contributed by atoms with Gasteiger partial charge in [0.25, 0.3) is 0 Å². The lowest BCUT2D eigenvalue weighted by Crippen LogP contribution is -2.12. The molecule has 2 rings (SSSR count). The van der Waals surface area contributed by atoms with Crippen molar-refractivity contribution >= 4 is 27.9 Å². The van der Waals surface area contributed by atoms with E-state index in [1.54, 1.807) is 24.3 Å². The maximum absolute atomic E-state index is 12.0. The second-order valence-electron chi connectivity index (χ2n) is 4.07. The number of methoxy groups -OCH3 is 1. The quantitative estimate of drug-likeness (QED) is 0.679. The number of esters is 2. The maximum atomic E-state index is 12.0. The molecule has 6 heteroatoms. The summed E-state index contributed by atoms with van der Waals surface area (Å²) in [5.41, 5.74) is 0.373. The van der Waals surface area contributed by atoms with Crippen molar-refractivity contribution in [1.29, 1.82) is 0 Å². The van der Waals surface area contributed by atoms with Crippen molar-refractivity contribution in [3.63, 3.8) is 0 Å². The van der Waals surface area contributed by atoms with Gasteiger partial charge in [0, 0.05) is 10.5 Å². The van der Waals surface area contributed by atoms with Crippen LogP contribution in [0.4, 0.5) is 0 Å². The van der Waals surface area contributed by atoms with Crippen LogP contribution < -0.4 is 4.74 Å². The largest absolute Gasteiger partial charge is 0.508 e. The zero-order chi connectivity index (χ0) is 15.4. The van der Waals surface area contributed by atoms with E-state index in [2.05, 4.69) is 20.7 Å². The molecule has 0 saturated heterocycles. The van der Waals surface area contributed by atoms with Crippen LogP contribution >= 0.6 is 15.9 Å². The standard InChI is InChI=1S/C15H11BrO5/c1-20-15(19)12-7-6-11(17)8-13(12)21-14(18)9-2-4-10(16)5-3-9/h2-8,17H,1H3. The van der Waals surface area contributed by atoms with Crippen LogP contribution in [-0.4, -0.2) is 24.2 Å². The predicted octanol–water partition coefficient (Wildman–Crippen LogP) is 3.16. The molecular weight excluding hydrogens is 340 g/mol. The summed E-state index contributed by atoms with van der Waals surface area (Å²) in [5, 5.41) is 9.46. The number of benzene rings is 2. The summed E-state index contributed by atoms with van der Waals surface area (Å²) < 4.78 is 10.6. The van der Waals surface area contributed by atoms with Crippen molar-refractivity contribution in [3.8, 4) is 11.5 Å². The molecule has 21 heavy (non-hydrogen) atoms. The van der Waals surface area contributed by atoms with Gasteiger partial charge in [0.2, 0.25) is 0 Å². The molecule has 0 fully saturated rings. The Morgan fingerprint density at radius 1 is 1.05 bits per heavy atom. The number of phenolic OH excluding ortho intramolecular Hbond substituents is 1. The molecule has 0 bridgehead atoms. The highest BCUT2D eigenvalue weighted by Gasteiger charge is 2.17. The first-order valence-electron chi connectivity index (χ1n) is 5.90. The van der Waals surface area contributed by atoms with E-state index < -0.39 is 11.9 Å². The van der Waals surface area contributed by atoms with Crippen LogP contribution in [-0.2, 0) is 4.74 Å². The molecule has 0 spiro atoms. The van der Waals surface area contributed by atoms with E-state index in [9.17, 15) is 14.7 Å². The fourth-order valence-electron chi connectivity index (χ4n) is 1.62. The molecule has 0 aromatic heterocycles. The Bertz CT molecular complexity index is 679. The van der Waals surface area contributed by atoms with Gasteiger partial charge in [-0.1, -0.05) is 15.9 Å². The van der Waals surface area contributed by atoms with Crippen LogP contribution in [0.5, 0.6) is 11.5 Å². The first-order valence-corrected chi connectivity index (χ1v) is 6.69. The number of carbonyl (C=O) groups is 2. The van der Waals surface area contributed by atoms with E-state index >= 15 is 0 Å². The Hall–Kier alpha value is -2.34. The Labute approximate surface area is 129 Å². The van der Waals surface area contributed by atoms with E-state index in [4.69, 9.17) is 4.74 Å². The number of carbonyl (C=O) groups excluding carboxylic acids is 2. The first kappa shape index (κ1) is 15.1. The number of hydrogen-bond acceptors (Lipinski definition) is 5. The summed E-state index contributed by atoms with van der Waals surface area (Å²) in [7, 11) is 1.22. The van der Waals surface area contributed by atoms with Gasteiger partial charge in [-0.25, -0.2) is 9.59 Å². The second kappa shape index (κ2) is 6.41. The molecular formula is C15H11BrO5. The third-order valence-electron chi connectivity index (χ3n) is 2.65. The van der Waals surface area contributed by atoms with Crippen LogP contribution in [0.15, 0.2) is 46.9 Å². The molecule has 0 saturated carbocycles. The summed E-state index contributed by atoms with van der Waals surface area (Å²) in [6, 6.07) is 10.4. The minimum atomic E-state index is -0.659. The number of phenols is 1. The molecule has 0 atom stereocenters. The fraction of sp³-hybridized carbons (Fsp3) is 0.0667. The minimum Gasteiger partial charge on any atom is -0.508 e. The van der Waals surface area contributed by atoms with Gasteiger partial charge in [-0.15, -0.1) is 0 Å². The molecule has 108 valence electrons. The van der Waals surface area contributed by atoms with Crippen molar-refractivity contribution in [2.45, 2.75) is 0 Å². The van der Waals surface area contributed by atoms with Crippen molar-refractivity contribution in [3.05, 3.63) is 58.1 Å². The van der Waals surface area contributed by atoms with Crippen LogP contribution in [0.3, 0.4) is 0 Å². The van der Waals surface area contributed by atoms with E-state index in [1.165, 1.54) is 25.3 Å². The average Bonchev–Trinajstić information content (AvgIpc) is 2.47. The van der Waals surface area contributed by atoms with Gasteiger partial charge in [-0.2, -0.15) is 0 Å². The predicted molar refractivity (Wildman–Crippen MR) is 78.5 cm³/mol. The van der Waals surface area contributed by atoms with Gasteiger partial charge in [-0.3, -0.25) is 0 Å². The third kappa shape index (κ3) is 3.61. The molecule has 5 nitrogen and oxygen atoms in total. The van der Waals surface area contributed by atoms with E-state index in [0.29, 0.717) is 5.56 Å². The Balaban J connectivity index is 2.30. The molecule has 0 amide bonds. The Morgan fingerprint density at radius 2 is 1.71 bits per heavy atom. The van der Waals surface area contributed by atoms with Gasteiger partial charge < -0.3 is 14.6 Å². The van der Waals surface area contributed by atoms with Crippen molar-refractivity contribution in [2.75, 3.05) is 7.11 Å². The Kier molecular flexibility index (Phi) is 4.59. The van der Waals surface area contributed by atoms with Crippen LogP contribution in [0.1, 0.15) is 20.7 Å². The monoisotopic (exact) mass is 350 g/mol. The third-order valence-corrected chi connectivity index (χ3v) is 3.18. The average molecular weight is 351 g/mol. The summed E-state index contributed by atoms with van der Waals surface area (Å²) in [4.78, 5) is 23.6. The van der Waals surface area contributed by atoms with Crippen LogP contribution in [0.2, 0.25) is 0 Å². The molecule has 0 heterocycles. The molecule has 0 aliphatic rings. The maximum Gasteiger partial charge on any atom is 0.343 e. The SMILES string of the molecule is COC(=O)c1ccc(O)cc1OC(=O)c1ccc(Br)cc1. The second-order valence-corrected chi connectivity index (χ2v) is 4.98. The zero-order valence-corrected chi connectivity index (χ0v) is 12.6. The molecule has 2 aromatic carbocycles. The van der Waals surface area contributed by atoms with Gasteiger partial charge in [0.15, 0.2) is 0 Å². The van der Waals surface area contributed by atoms with Crippen LogP contribution in [0, 0.1) is 0 Å². The first-order chi connectivity index (χ1) is 10.0. The lowest BCUT2D eigenvalue weighted by molar-refractivity contribution is 0.0593. The fourth-order valence-corrected chi connectivity index (χ4v) is 1.88. The van der Waals surface area contributed by atoms with E-state index in [-0.39, 0.29) is 17.1 Å². The van der Waals surface area contributed by atoms with Gasteiger partial charge >= 0.3 is 11.9 Å². The topological polar surface area (TPSA) is 72.8 Å². The number of ether oxygens (including phenoxy) is 2. The lowest BCUT2D eigenvalue weighted by Gasteiger charge is -2.09. The molecule has 1 N–H and O–H groups in total. The van der Waals surface area contributed by atoms with Gasteiger partial charge in [0.1, 0.15) is 17.1 Å². The molecule has 0 radical (unpaired) electrons. The summed E-state index contributed by atoms with van der Waals surface area (Å²) in [5.74, 6) is -1.48. The van der Waals surface area contributed by atoms with Crippen LogP contribution in [0.25, 0.3) is 0 Å². The normalized spacial score (nSPS) is 10.0. The summed E-state index contributed by atoms with van der Waals surface area (Å²) in [6.07, 6.45) is 0.